The molecule has 1 aromatic rings. The van der Waals surface area contributed by atoms with E-state index in [-0.39, 0.29) is 6.03 Å². The third-order valence-electron chi connectivity index (χ3n) is 2.75. The molecule has 18 heavy (non-hydrogen) atoms. The largest absolute Gasteiger partial charge is 0.381 e. The number of benzene rings is 1. The molecular weight excluding hydrogens is 275 g/mol. The average molecular weight is 289 g/mol. The third-order valence-corrected chi connectivity index (χ3v) is 3.49. The highest BCUT2D eigenvalue weighted by Crippen LogP contribution is 2.24. The molecule has 1 heterocycles. The number of urea groups is 1. The molecule has 0 spiro atoms. The predicted octanol–water partition coefficient (Wildman–Crippen LogP) is 3.15. The average Bonchev–Trinajstić information content (AvgIpc) is 2.84. The standard InChI is InChI=1S/C12H14Cl2N2O2/c13-10-2-1-9(5-11(10)14)16-12(17)15-6-8-3-4-18-7-8/h1-2,5,8H,3-4,6-7H2,(H2,15,16,17). The van der Waals surface area contributed by atoms with Crippen LogP contribution >= 0.6 is 23.2 Å². The Morgan fingerprint density at radius 3 is 2.89 bits per heavy atom. The summed E-state index contributed by atoms with van der Waals surface area (Å²) < 4.78 is 5.23. The van der Waals surface area contributed by atoms with Gasteiger partial charge in [-0.15, -0.1) is 0 Å². The zero-order valence-electron chi connectivity index (χ0n) is 9.71. The Bertz CT molecular complexity index is 434. The molecule has 1 saturated heterocycles. The van der Waals surface area contributed by atoms with E-state index < -0.39 is 0 Å². The maximum atomic E-state index is 11.6. The molecule has 1 atom stereocenters. The van der Waals surface area contributed by atoms with Crippen LogP contribution in [0, 0.1) is 5.92 Å². The topological polar surface area (TPSA) is 50.4 Å². The molecule has 0 radical (unpaired) electrons. The molecule has 0 saturated carbocycles. The second-order valence-corrected chi connectivity index (χ2v) is 5.01. The van der Waals surface area contributed by atoms with E-state index in [1.165, 1.54) is 0 Å². The van der Waals surface area contributed by atoms with Gasteiger partial charge in [0.15, 0.2) is 0 Å². The molecule has 1 fully saturated rings. The van der Waals surface area contributed by atoms with Gasteiger partial charge in [-0.2, -0.15) is 0 Å². The van der Waals surface area contributed by atoms with Crippen molar-refractivity contribution in [1.29, 1.82) is 0 Å². The van der Waals surface area contributed by atoms with E-state index in [0.29, 0.717) is 34.8 Å². The Morgan fingerprint density at radius 1 is 1.39 bits per heavy atom. The lowest BCUT2D eigenvalue weighted by molar-refractivity contribution is 0.185. The lowest BCUT2D eigenvalue weighted by Gasteiger charge is -2.11. The highest BCUT2D eigenvalue weighted by molar-refractivity contribution is 6.42. The summed E-state index contributed by atoms with van der Waals surface area (Å²) in [6.45, 7) is 2.11. The van der Waals surface area contributed by atoms with Gasteiger partial charge in [-0.05, 0) is 24.6 Å². The summed E-state index contributed by atoms with van der Waals surface area (Å²) in [5, 5.41) is 6.38. The third kappa shape index (κ3) is 3.77. The first kappa shape index (κ1) is 13.5. The fourth-order valence-electron chi connectivity index (χ4n) is 1.73. The first-order chi connectivity index (χ1) is 8.65. The lowest BCUT2D eigenvalue weighted by Crippen LogP contribution is -2.33. The van der Waals surface area contributed by atoms with Crippen molar-refractivity contribution in [3.8, 4) is 0 Å². The van der Waals surface area contributed by atoms with Crippen molar-refractivity contribution < 1.29 is 9.53 Å². The quantitative estimate of drug-likeness (QED) is 0.898. The van der Waals surface area contributed by atoms with Crippen molar-refractivity contribution in [3.63, 3.8) is 0 Å². The summed E-state index contributed by atoms with van der Waals surface area (Å²) in [6.07, 6.45) is 0.993. The molecule has 0 bridgehead atoms. The van der Waals surface area contributed by atoms with Gasteiger partial charge in [0.05, 0.1) is 16.7 Å². The van der Waals surface area contributed by atoms with Crippen LogP contribution in [-0.2, 0) is 4.74 Å². The van der Waals surface area contributed by atoms with E-state index in [0.717, 1.165) is 13.0 Å². The van der Waals surface area contributed by atoms with Crippen LogP contribution in [0.4, 0.5) is 10.5 Å². The van der Waals surface area contributed by atoms with Crippen LogP contribution in [0.3, 0.4) is 0 Å². The minimum absolute atomic E-state index is 0.250. The first-order valence-electron chi connectivity index (χ1n) is 5.73. The van der Waals surface area contributed by atoms with Crippen molar-refractivity contribution >= 4 is 34.9 Å². The maximum Gasteiger partial charge on any atom is 0.319 e. The lowest BCUT2D eigenvalue weighted by atomic mass is 10.1. The van der Waals surface area contributed by atoms with Crippen LogP contribution in [0.1, 0.15) is 6.42 Å². The Morgan fingerprint density at radius 2 is 2.22 bits per heavy atom. The van der Waals surface area contributed by atoms with Crippen molar-refractivity contribution in [2.75, 3.05) is 25.1 Å². The van der Waals surface area contributed by atoms with Crippen LogP contribution in [0.5, 0.6) is 0 Å². The second kappa shape index (κ2) is 6.27. The van der Waals surface area contributed by atoms with Gasteiger partial charge in [-0.1, -0.05) is 23.2 Å². The molecule has 6 heteroatoms. The molecule has 0 aromatic heterocycles. The van der Waals surface area contributed by atoms with Gasteiger partial charge in [0.25, 0.3) is 0 Å². The summed E-state index contributed by atoms with van der Waals surface area (Å²) in [5.74, 6) is 0.407. The van der Waals surface area contributed by atoms with Gasteiger partial charge in [-0.25, -0.2) is 4.79 Å². The predicted molar refractivity (Wildman–Crippen MR) is 72.4 cm³/mol. The summed E-state index contributed by atoms with van der Waals surface area (Å²) in [6, 6.07) is 4.71. The Labute approximate surface area is 116 Å². The van der Waals surface area contributed by atoms with Crippen LogP contribution < -0.4 is 10.6 Å². The minimum Gasteiger partial charge on any atom is -0.381 e. The van der Waals surface area contributed by atoms with Gasteiger partial charge in [0.1, 0.15) is 0 Å². The molecule has 1 unspecified atom stereocenters. The van der Waals surface area contributed by atoms with Crippen LogP contribution in [0.15, 0.2) is 18.2 Å². The van der Waals surface area contributed by atoms with E-state index in [9.17, 15) is 4.79 Å². The number of anilines is 1. The zero-order chi connectivity index (χ0) is 13.0. The molecule has 98 valence electrons. The van der Waals surface area contributed by atoms with Crippen molar-refractivity contribution in [2.24, 2.45) is 5.92 Å². The molecule has 1 aromatic carbocycles. The molecule has 0 aliphatic carbocycles. The number of nitrogens with one attached hydrogen (secondary N) is 2. The molecule has 2 rings (SSSR count). The number of halogens is 2. The highest BCUT2D eigenvalue weighted by atomic mass is 35.5. The van der Waals surface area contributed by atoms with E-state index in [4.69, 9.17) is 27.9 Å². The van der Waals surface area contributed by atoms with Crippen molar-refractivity contribution in [2.45, 2.75) is 6.42 Å². The minimum atomic E-state index is -0.250. The Kier molecular flexibility index (Phi) is 4.69. The molecular formula is C12H14Cl2N2O2. The van der Waals surface area contributed by atoms with Crippen LogP contribution in [-0.4, -0.2) is 25.8 Å². The fraction of sp³-hybridized carbons (Fsp3) is 0.417. The molecule has 1 aliphatic rings. The van der Waals surface area contributed by atoms with Gasteiger partial charge in [0, 0.05) is 24.8 Å². The number of hydrogen-bond acceptors (Lipinski definition) is 2. The van der Waals surface area contributed by atoms with Crippen molar-refractivity contribution in [1.82, 2.24) is 5.32 Å². The molecule has 2 amide bonds. The number of carbonyl (C=O) groups is 1. The van der Waals surface area contributed by atoms with Gasteiger partial charge >= 0.3 is 6.03 Å². The second-order valence-electron chi connectivity index (χ2n) is 4.19. The van der Waals surface area contributed by atoms with Crippen molar-refractivity contribution in [3.05, 3.63) is 28.2 Å². The van der Waals surface area contributed by atoms with E-state index in [1.54, 1.807) is 18.2 Å². The summed E-state index contributed by atoms with van der Waals surface area (Å²) in [5.41, 5.74) is 0.615. The summed E-state index contributed by atoms with van der Waals surface area (Å²) in [4.78, 5) is 11.6. The first-order valence-corrected chi connectivity index (χ1v) is 6.48. The van der Waals surface area contributed by atoms with E-state index in [2.05, 4.69) is 10.6 Å². The van der Waals surface area contributed by atoms with Crippen LogP contribution in [0.2, 0.25) is 10.0 Å². The van der Waals surface area contributed by atoms with E-state index in [1.807, 2.05) is 0 Å². The zero-order valence-corrected chi connectivity index (χ0v) is 11.2. The Hall–Kier alpha value is -0.970. The summed E-state index contributed by atoms with van der Waals surface area (Å²) >= 11 is 11.6. The number of amides is 2. The molecule has 2 N–H and O–H groups in total. The number of ether oxygens (including phenoxy) is 1. The number of hydrogen-bond donors (Lipinski definition) is 2. The molecule has 1 aliphatic heterocycles. The summed E-state index contributed by atoms with van der Waals surface area (Å²) in [7, 11) is 0. The maximum absolute atomic E-state index is 11.6. The van der Waals surface area contributed by atoms with Crippen LogP contribution in [0.25, 0.3) is 0 Å². The SMILES string of the molecule is O=C(NCC1CCOC1)Nc1ccc(Cl)c(Cl)c1. The fourth-order valence-corrected chi connectivity index (χ4v) is 2.03. The van der Waals surface area contributed by atoms with Gasteiger partial charge in [0.2, 0.25) is 0 Å². The van der Waals surface area contributed by atoms with Gasteiger partial charge < -0.3 is 15.4 Å². The smallest absolute Gasteiger partial charge is 0.319 e. The molecule has 4 nitrogen and oxygen atoms in total. The van der Waals surface area contributed by atoms with E-state index >= 15 is 0 Å². The highest BCUT2D eigenvalue weighted by Gasteiger charge is 2.16. The number of rotatable bonds is 3. The normalized spacial score (nSPS) is 18.7. The monoisotopic (exact) mass is 288 g/mol. The number of carbonyl (C=O) groups excluding carboxylic acids is 1. The Balaban J connectivity index is 1.80. The van der Waals surface area contributed by atoms with Gasteiger partial charge in [-0.3, -0.25) is 0 Å².